The molecule has 0 unspecified atom stereocenters. The first kappa shape index (κ1) is 12.1. The molecule has 2 N–H and O–H groups in total. The number of nitrogens with two attached hydrogens (primary N) is 1. The number of rotatable bonds is 2. The first-order valence-electron chi connectivity index (χ1n) is 5.93. The molecule has 1 aliphatic rings. The third kappa shape index (κ3) is 1.95. The molecular formula is C14H20N2O. The van der Waals surface area contributed by atoms with Gasteiger partial charge in [0.25, 0.3) is 5.91 Å². The summed E-state index contributed by atoms with van der Waals surface area (Å²) in [6.07, 6.45) is 0. The highest BCUT2D eigenvalue weighted by Gasteiger charge is 2.55. The number of benzene rings is 1. The van der Waals surface area contributed by atoms with E-state index in [1.807, 2.05) is 24.3 Å². The average molecular weight is 232 g/mol. The van der Waals surface area contributed by atoms with Crippen LogP contribution in [-0.2, 0) is 0 Å². The van der Waals surface area contributed by atoms with Crippen LogP contribution in [0.1, 0.15) is 35.7 Å². The van der Waals surface area contributed by atoms with Crippen LogP contribution in [0.25, 0.3) is 0 Å². The summed E-state index contributed by atoms with van der Waals surface area (Å²) in [6.45, 7) is 4.36. The molecule has 1 amide bonds. The zero-order valence-corrected chi connectivity index (χ0v) is 10.9. The van der Waals surface area contributed by atoms with Crippen LogP contribution in [0.3, 0.4) is 0 Å². The molecule has 0 aromatic heterocycles. The largest absolute Gasteiger partial charge is 0.345 e. The van der Waals surface area contributed by atoms with Gasteiger partial charge in [-0.15, -0.1) is 0 Å². The lowest BCUT2D eigenvalue weighted by Crippen LogP contribution is -2.21. The third-order valence-corrected chi connectivity index (χ3v) is 3.83. The van der Waals surface area contributed by atoms with Gasteiger partial charge in [0, 0.05) is 31.6 Å². The maximum absolute atomic E-state index is 11.7. The van der Waals surface area contributed by atoms with Gasteiger partial charge in [0.05, 0.1) is 0 Å². The quantitative estimate of drug-likeness (QED) is 0.845. The molecule has 0 bridgehead atoms. The molecule has 0 aliphatic heterocycles. The number of nitrogens with zero attached hydrogens (tertiary/aromatic N) is 1. The second kappa shape index (κ2) is 3.84. The first-order valence-corrected chi connectivity index (χ1v) is 5.93. The molecule has 3 heteroatoms. The molecule has 2 atom stereocenters. The highest BCUT2D eigenvalue weighted by molar-refractivity contribution is 5.93. The standard InChI is InChI=1S/C14H20N2O/c1-14(2)11(12(14)15)9-5-7-10(8-6-9)13(17)16(3)4/h5-8,11-12H,15H2,1-4H3/t11-,12-/m1/s1. The Balaban J connectivity index is 2.18. The van der Waals surface area contributed by atoms with Gasteiger partial charge in [-0.3, -0.25) is 4.79 Å². The highest BCUT2D eigenvalue weighted by Crippen LogP contribution is 2.57. The smallest absolute Gasteiger partial charge is 0.253 e. The molecule has 92 valence electrons. The van der Waals surface area contributed by atoms with Crippen LogP contribution in [0, 0.1) is 5.41 Å². The van der Waals surface area contributed by atoms with Crippen LogP contribution >= 0.6 is 0 Å². The lowest BCUT2D eigenvalue weighted by molar-refractivity contribution is 0.0827. The maximum Gasteiger partial charge on any atom is 0.253 e. The monoisotopic (exact) mass is 232 g/mol. The van der Waals surface area contributed by atoms with Crippen LogP contribution in [0.2, 0.25) is 0 Å². The van der Waals surface area contributed by atoms with E-state index in [2.05, 4.69) is 13.8 Å². The van der Waals surface area contributed by atoms with Crippen LogP contribution in [-0.4, -0.2) is 30.9 Å². The van der Waals surface area contributed by atoms with E-state index in [0.29, 0.717) is 5.92 Å². The minimum atomic E-state index is 0.0379. The van der Waals surface area contributed by atoms with Gasteiger partial charge >= 0.3 is 0 Å². The molecule has 0 heterocycles. The summed E-state index contributed by atoms with van der Waals surface area (Å²) in [6, 6.07) is 8.06. The first-order chi connectivity index (χ1) is 7.85. The number of carbonyl (C=O) groups is 1. The van der Waals surface area contributed by atoms with Gasteiger partial charge < -0.3 is 10.6 Å². The van der Waals surface area contributed by atoms with E-state index in [4.69, 9.17) is 5.73 Å². The molecule has 1 fully saturated rings. The van der Waals surface area contributed by atoms with Crippen molar-refractivity contribution in [1.82, 2.24) is 4.90 Å². The lowest BCUT2D eigenvalue weighted by Gasteiger charge is -2.10. The van der Waals surface area contributed by atoms with Crippen LogP contribution in [0.5, 0.6) is 0 Å². The van der Waals surface area contributed by atoms with Crippen molar-refractivity contribution < 1.29 is 4.79 Å². The summed E-state index contributed by atoms with van der Waals surface area (Å²) in [5.41, 5.74) is 8.20. The summed E-state index contributed by atoms with van der Waals surface area (Å²) in [7, 11) is 3.52. The van der Waals surface area contributed by atoms with E-state index in [1.165, 1.54) is 5.56 Å². The lowest BCUT2D eigenvalue weighted by atomic mass is 10.0. The Labute approximate surface area is 103 Å². The number of amides is 1. The number of carbonyl (C=O) groups excluding carboxylic acids is 1. The Morgan fingerprint density at radius 2 is 1.71 bits per heavy atom. The van der Waals surface area contributed by atoms with Gasteiger partial charge in [-0.05, 0) is 23.1 Å². The van der Waals surface area contributed by atoms with Gasteiger partial charge in [-0.2, -0.15) is 0 Å². The zero-order chi connectivity index (χ0) is 12.8. The Kier molecular flexibility index (Phi) is 2.74. The molecule has 0 radical (unpaired) electrons. The fourth-order valence-corrected chi connectivity index (χ4v) is 2.41. The van der Waals surface area contributed by atoms with Crippen LogP contribution < -0.4 is 5.73 Å². The zero-order valence-electron chi connectivity index (χ0n) is 10.9. The minimum Gasteiger partial charge on any atom is -0.345 e. The predicted molar refractivity (Wildman–Crippen MR) is 69.0 cm³/mol. The van der Waals surface area contributed by atoms with Gasteiger partial charge in [-0.25, -0.2) is 0 Å². The van der Waals surface area contributed by atoms with Crippen LogP contribution in [0.4, 0.5) is 0 Å². The van der Waals surface area contributed by atoms with E-state index in [0.717, 1.165) is 5.56 Å². The van der Waals surface area contributed by atoms with Gasteiger partial charge in [-0.1, -0.05) is 26.0 Å². The molecule has 3 nitrogen and oxygen atoms in total. The van der Waals surface area contributed by atoms with Gasteiger partial charge in [0.15, 0.2) is 0 Å². The second-order valence-corrected chi connectivity index (χ2v) is 5.65. The van der Waals surface area contributed by atoms with Crippen molar-refractivity contribution in [1.29, 1.82) is 0 Å². The van der Waals surface area contributed by atoms with Crippen molar-refractivity contribution in [2.45, 2.75) is 25.8 Å². The van der Waals surface area contributed by atoms with E-state index in [9.17, 15) is 4.79 Å². The molecule has 1 aliphatic carbocycles. The SMILES string of the molecule is CN(C)C(=O)c1ccc([C@@H]2[C@@H](N)C2(C)C)cc1. The Hall–Kier alpha value is -1.35. The number of hydrogen-bond acceptors (Lipinski definition) is 2. The van der Waals surface area contributed by atoms with Crippen LogP contribution in [0.15, 0.2) is 24.3 Å². The summed E-state index contributed by atoms with van der Waals surface area (Å²) in [5.74, 6) is 0.460. The predicted octanol–water partition coefficient (Wildman–Crippen LogP) is 1.84. The maximum atomic E-state index is 11.7. The third-order valence-electron chi connectivity index (χ3n) is 3.83. The van der Waals surface area contributed by atoms with E-state index in [1.54, 1.807) is 19.0 Å². The number of hydrogen-bond donors (Lipinski definition) is 1. The summed E-state index contributed by atoms with van der Waals surface area (Å²) >= 11 is 0. The molecule has 0 saturated heterocycles. The Bertz CT molecular complexity index is 434. The molecule has 0 spiro atoms. The summed E-state index contributed by atoms with van der Waals surface area (Å²) < 4.78 is 0. The van der Waals surface area contributed by atoms with Gasteiger partial charge in [0.2, 0.25) is 0 Å². The minimum absolute atomic E-state index is 0.0379. The summed E-state index contributed by atoms with van der Waals surface area (Å²) in [5, 5.41) is 0. The van der Waals surface area contributed by atoms with E-state index >= 15 is 0 Å². The van der Waals surface area contributed by atoms with Crippen molar-refractivity contribution in [2.75, 3.05) is 14.1 Å². The van der Waals surface area contributed by atoms with Crippen molar-refractivity contribution in [2.24, 2.45) is 11.1 Å². The molecule has 1 aromatic rings. The molecular weight excluding hydrogens is 212 g/mol. The Morgan fingerprint density at radius 3 is 2.06 bits per heavy atom. The highest BCUT2D eigenvalue weighted by atomic mass is 16.2. The van der Waals surface area contributed by atoms with Gasteiger partial charge in [0.1, 0.15) is 0 Å². The Morgan fingerprint density at radius 1 is 1.24 bits per heavy atom. The topological polar surface area (TPSA) is 46.3 Å². The molecule has 2 rings (SSSR count). The van der Waals surface area contributed by atoms with E-state index < -0.39 is 0 Å². The normalized spacial score (nSPS) is 25.5. The average Bonchev–Trinajstić information content (AvgIpc) is 2.77. The van der Waals surface area contributed by atoms with Crippen molar-refractivity contribution in [3.63, 3.8) is 0 Å². The fraction of sp³-hybridized carbons (Fsp3) is 0.500. The molecule has 1 aromatic carbocycles. The van der Waals surface area contributed by atoms with Crippen molar-refractivity contribution in [3.05, 3.63) is 35.4 Å². The summed E-state index contributed by atoms with van der Waals surface area (Å²) in [4.78, 5) is 13.3. The van der Waals surface area contributed by atoms with Crippen molar-refractivity contribution >= 4 is 5.91 Å². The van der Waals surface area contributed by atoms with E-state index in [-0.39, 0.29) is 17.4 Å². The molecule has 17 heavy (non-hydrogen) atoms. The fourth-order valence-electron chi connectivity index (χ4n) is 2.41. The molecule has 1 saturated carbocycles. The van der Waals surface area contributed by atoms with Crippen molar-refractivity contribution in [3.8, 4) is 0 Å². The second-order valence-electron chi connectivity index (χ2n) is 5.65.